The van der Waals surface area contributed by atoms with Crippen LogP contribution in [0.25, 0.3) is 0 Å². The SMILES string of the molecule is CCc1ccc(C(C)NC(C)c2ccc(F)cn2)cc1. The Kier molecular flexibility index (Phi) is 4.85. The van der Waals surface area contributed by atoms with Crippen molar-refractivity contribution in [2.45, 2.75) is 39.3 Å². The molecular weight excluding hydrogens is 251 g/mol. The van der Waals surface area contributed by atoms with Crippen molar-refractivity contribution in [1.82, 2.24) is 10.3 Å². The summed E-state index contributed by atoms with van der Waals surface area (Å²) in [6.45, 7) is 6.32. The van der Waals surface area contributed by atoms with E-state index in [0.717, 1.165) is 12.1 Å². The summed E-state index contributed by atoms with van der Waals surface area (Å²) in [7, 11) is 0. The summed E-state index contributed by atoms with van der Waals surface area (Å²) in [5.74, 6) is -0.302. The summed E-state index contributed by atoms with van der Waals surface area (Å²) in [5.41, 5.74) is 3.44. The molecule has 2 aromatic rings. The minimum Gasteiger partial charge on any atom is -0.302 e. The molecule has 0 aliphatic rings. The third kappa shape index (κ3) is 3.64. The zero-order valence-corrected chi connectivity index (χ0v) is 12.2. The highest BCUT2D eigenvalue weighted by Gasteiger charge is 2.12. The van der Waals surface area contributed by atoms with E-state index in [1.165, 1.54) is 23.4 Å². The summed E-state index contributed by atoms with van der Waals surface area (Å²) >= 11 is 0. The molecule has 3 heteroatoms. The predicted molar refractivity (Wildman–Crippen MR) is 80.0 cm³/mol. The highest BCUT2D eigenvalue weighted by molar-refractivity contribution is 5.25. The molecule has 0 spiro atoms. The van der Waals surface area contributed by atoms with Gasteiger partial charge >= 0.3 is 0 Å². The summed E-state index contributed by atoms with van der Waals surface area (Å²) in [4.78, 5) is 4.11. The molecule has 2 nitrogen and oxygen atoms in total. The second-order valence-corrected chi connectivity index (χ2v) is 5.11. The Morgan fingerprint density at radius 1 is 1.05 bits per heavy atom. The van der Waals surface area contributed by atoms with Gasteiger partial charge in [0.1, 0.15) is 5.82 Å². The van der Waals surface area contributed by atoms with E-state index < -0.39 is 0 Å². The monoisotopic (exact) mass is 272 g/mol. The van der Waals surface area contributed by atoms with Crippen LogP contribution in [0.3, 0.4) is 0 Å². The quantitative estimate of drug-likeness (QED) is 0.882. The lowest BCUT2D eigenvalue weighted by molar-refractivity contribution is 0.484. The van der Waals surface area contributed by atoms with Crippen LogP contribution in [0.5, 0.6) is 0 Å². The van der Waals surface area contributed by atoms with Gasteiger partial charge in [-0.25, -0.2) is 4.39 Å². The van der Waals surface area contributed by atoms with Gasteiger partial charge in [0.15, 0.2) is 0 Å². The highest BCUT2D eigenvalue weighted by Crippen LogP contribution is 2.19. The van der Waals surface area contributed by atoms with E-state index >= 15 is 0 Å². The maximum atomic E-state index is 12.9. The van der Waals surface area contributed by atoms with Crippen LogP contribution >= 0.6 is 0 Å². The predicted octanol–water partition coefficient (Wildman–Crippen LogP) is 4.19. The number of nitrogens with zero attached hydrogens (tertiary/aromatic N) is 1. The van der Waals surface area contributed by atoms with E-state index in [4.69, 9.17) is 0 Å². The molecule has 106 valence electrons. The van der Waals surface area contributed by atoms with Crippen molar-refractivity contribution >= 4 is 0 Å². The van der Waals surface area contributed by atoms with Gasteiger partial charge in [-0.3, -0.25) is 4.98 Å². The Morgan fingerprint density at radius 2 is 1.75 bits per heavy atom. The lowest BCUT2D eigenvalue weighted by Gasteiger charge is -2.20. The van der Waals surface area contributed by atoms with Gasteiger partial charge in [0, 0.05) is 12.1 Å². The first-order valence-corrected chi connectivity index (χ1v) is 7.06. The largest absolute Gasteiger partial charge is 0.302 e. The number of benzene rings is 1. The van der Waals surface area contributed by atoms with Crippen molar-refractivity contribution in [3.05, 3.63) is 65.2 Å². The molecule has 0 fully saturated rings. The number of nitrogens with one attached hydrogen (secondary N) is 1. The number of pyridine rings is 1. The summed E-state index contributed by atoms with van der Waals surface area (Å²) in [5, 5.41) is 3.48. The van der Waals surface area contributed by atoms with Gasteiger partial charge in [0.2, 0.25) is 0 Å². The number of aromatic nitrogens is 1. The number of hydrogen-bond donors (Lipinski definition) is 1. The fourth-order valence-corrected chi connectivity index (χ4v) is 2.24. The molecule has 0 bridgehead atoms. The Hall–Kier alpha value is -1.74. The fourth-order valence-electron chi connectivity index (χ4n) is 2.24. The van der Waals surface area contributed by atoms with Crippen molar-refractivity contribution in [1.29, 1.82) is 0 Å². The van der Waals surface area contributed by atoms with Gasteiger partial charge in [0.05, 0.1) is 11.9 Å². The van der Waals surface area contributed by atoms with E-state index in [-0.39, 0.29) is 17.9 Å². The maximum absolute atomic E-state index is 12.9. The Morgan fingerprint density at radius 3 is 2.30 bits per heavy atom. The highest BCUT2D eigenvalue weighted by atomic mass is 19.1. The number of aryl methyl sites for hydroxylation is 1. The summed E-state index contributed by atoms with van der Waals surface area (Å²) < 4.78 is 12.9. The standard InChI is InChI=1S/C17H21FN2/c1-4-14-5-7-15(8-6-14)12(2)20-13(3)17-10-9-16(18)11-19-17/h5-13,20H,4H2,1-3H3. The van der Waals surface area contributed by atoms with E-state index in [0.29, 0.717) is 0 Å². The Bertz CT molecular complexity index is 534. The summed E-state index contributed by atoms with van der Waals surface area (Å²) in [6.07, 6.45) is 2.31. The minimum atomic E-state index is -0.302. The molecule has 0 saturated heterocycles. The molecule has 1 N–H and O–H groups in total. The zero-order chi connectivity index (χ0) is 14.5. The van der Waals surface area contributed by atoms with Gasteiger partial charge in [-0.2, -0.15) is 0 Å². The molecule has 0 amide bonds. The smallest absolute Gasteiger partial charge is 0.141 e. The average Bonchev–Trinajstić information content (AvgIpc) is 2.48. The van der Waals surface area contributed by atoms with E-state index in [9.17, 15) is 4.39 Å². The fraction of sp³-hybridized carbons (Fsp3) is 0.353. The number of rotatable bonds is 5. The third-order valence-corrected chi connectivity index (χ3v) is 3.58. The molecular formula is C17H21FN2. The topological polar surface area (TPSA) is 24.9 Å². The number of hydrogen-bond acceptors (Lipinski definition) is 2. The summed E-state index contributed by atoms with van der Waals surface area (Å²) in [6, 6.07) is 12.1. The lowest BCUT2D eigenvalue weighted by Crippen LogP contribution is -2.23. The van der Waals surface area contributed by atoms with Crippen LogP contribution in [0.15, 0.2) is 42.6 Å². The molecule has 2 unspecified atom stereocenters. The normalized spacial score (nSPS) is 14.0. The second kappa shape index (κ2) is 6.62. The molecule has 0 aliphatic heterocycles. The van der Waals surface area contributed by atoms with Gasteiger partial charge < -0.3 is 5.32 Å². The van der Waals surface area contributed by atoms with Crippen LogP contribution in [0.1, 0.15) is 49.7 Å². The number of halogens is 1. The Labute approximate surface area is 120 Å². The van der Waals surface area contributed by atoms with Crippen molar-refractivity contribution in [2.24, 2.45) is 0 Å². The van der Waals surface area contributed by atoms with Crippen molar-refractivity contribution < 1.29 is 4.39 Å². The van der Waals surface area contributed by atoms with Crippen LogP contribution in [-0.2, 0) is 6.42 Å². The molecule has 1 aromatic heterocycles. The van der Waals surface area contributed by atoms with Crippen LogP contribution in [0.2, 0.25) is 0 Å². The van der Waals surface area contributed by atoms with E-state index in [1.54, 1.807) is 6.07 Å². The maximum Gasteiger partial charge on any atom is 0.141 e. The molecule has 2 atom stereocenters. The average molecular weight is 272 g/mol. The van der Waals surface area contributed by atoms with Crippen LogP contribution in [0, 0.1) is 5.82 Å². The van der Waals surface area contributed by atoms with Crippen molar-refractivity contribution in [3.8, 4) is 0 Å². The molecule has 1 heterocycles. The first-order chi connectivity index (χ1) is 9.60. The van der Waals surface area contributed by atoms with Gasteiger partial charge in [0.25, 0.3) is 0 Å². The van der Waals surface area contributed by atoms with E-state index in [2.05, 4.69) is 48.4 Å². The van der Waals surface area contributed by atoms with Gasteiger partial charge in [-0.05, 0) is 43.5 Å². The first-order valence-electron chi connectivity index (χ1n) is 7.06. The molecule has 0 aliphatic carbocycles. The van der Waals surface area contributed by atoms with Gasteiger partial charge in [-0.1, -0.05) is 31.2 Å². The Balaban J connectivity index is 2.02. The molecule has 2 rings (SSSR count). The first kappa shape index (κ1) is 14.7. The van der Waals surface area contributed by atoms with Crippen LogP contribution in [-0.4, -0.2) is 4.98 Å². The second-order valence-electron chi connectivity index (χ2n) is 5.11. The third-order valence-electron chi connectivity index (χ3n) is 3.58. The minimum absolute atomic E-state index is 0.0800. The molecule has 1 aromatic carbocycles. The van der Waals surface area contributed by atoms with Crippen molar-refractivity contribution in [2.75, 3.05) is 0 Å². The van der Waals surface area contributed by atoms with E-state index in [1.807, 2.05) is 6.92 Å². The molecule has 0 radical (unpaired) electrons. The lowest BCUT2D eigenvalue weighted by atomic mass is 10.0. The zero-order valence-electron chi connectivity index (χ0n) is 12.2. The van der Waals surface area contributed by atoms with Crippen molar-refractivity contribution in [3.63, 3.8) is 0 Å². The van der Waals surface area contributed by atoms with Gasteiger partial charge in [-0.15, -0.1) is 0 Å². The molecule has 0 saturated carbocycles. The molecule has 20 heavy (non-hydrogen) atoms. The van der Waals surface area contributed by atoms with Crippen LogP contribution < -0.4 is 5.32 Å². The van der Waals surface area contributed by atoms with Crippen LogP contribution in [0.4, 0.5) is 4.39 Å².